The summed E-state index contributed by atoms with van der Waals surface area (Å²) < 4.78 is 0. The highest BCUT2D eigenvalue weighted by atomic mass is 16.2. The molecule has 5 heteroatoms. The number of benzene rings is 3. The van der Waals surface area contributed by atoms with Gasteiger partial charge in [-0.1, -0.05) is 60.7 Å². The molecule has 3 aromatic carbocycles. The van der Waals surface area contributed by atoms with Gasteiger partial charge in [-0.2, -0.15) is 0 Å². The first kappa shape index (κ1) is 19.9. The summed E-state index contributed by atoms with van der Waals surface area (Å²) in [6.45, 7) is 3.75. The lowest BCUT2D eigenvalue weighted by atomic mass is 10.0. The molecule has 1 amide bonds. The van der Waals surface area contributed by atoms with E-state index in [-0.39, 0.29) is 11.7 Å². The van der Waals surface area contributed by atoms with E-state index in [4.69, 9.17) is 0 Å². The zero-order valence-electron chi connectivity index (χ0n) is 16.8. The molecule has 0 radical (unpaired) electrons. The maximum absolute atomic E-state index is 12.8. The predicted molar refractivity (Wildman–Crippen MR) is 120 cm³/mol. The monoisotopic (exact) mass is 399 g/mol. The minimum Gasteiger partial charge on any atom is -0.369 e. The van der Waals surface area contributed by atoms with E-state index in [1.807, 2.05) is 48.5 Å². The van der Waals surface area contributed by atoms with Gasteiger partial charge in [0.05, 0.1) is 12.2 Å². The molecule has 5 nitrogen and oxygen atoms in total. The zero-order valence-corrected chi connectivity index (χ0v) is 16.8. The van der Waals surface area contributed by atoms with Crippen LogP contribution in [0.4, 0.5) is 11.4 Å². The molecule has 1 aliphatic heterocycles. The Morgan fingerprint density at radius 3 is 2.03 bits per heavy atom. The van der Waals surface area contributed by atoms with Gasteiger partial charge in [-0.05, 0) is 24.3 Å². The van der Waals surface area contributed by atoms with Gasteiger partial charge >= 0.3 is 0 Å². The molecule has 0 aromatic heterocycles. The number of para-hydroxylation sites is 2. The summed E-state index contributed by atoms with van der Waals surface area (Å²) in [6.07, 6.45) is 0. The van der Waals surface area contributed by atoms with Crippen molar-refractivity contribution in [1.29, 1.82) is 0 Å². The molecule has 1 aliphatic rings. The van der Waals surface area contributed by atoms with Crippen LogP contribution in [-0.2, 0) is 4.79 Å². The van der Waals surface area contributed by atoms with E-state index in [2.05, 4.69) is 27.2 Å². The van der Waals surface area contributed by atoms with Crippen molar-refractivity contribution in [1.82, 2.24) is 4.90 Å². The number of nitrogens with zero attached hydrogens (tertiary/aromatic N) is 2. The molecule has 1 N–H and O–H groups in total. The van der Waals surface area contributed by atoms with E-state index in [1.54, 1.807) is 24.3 Å². The molecule has 1 heterocycles. The molecule has 152 valence electrons. The number of hydrogen-bond donors (Lipinski definition) is 1. The van der Waals surface area contributed by atoms with Gasteiger partial charge in [0.1, 0.15) is 0 Å². The molecular formula is C25H25N3O2. The number of anilines is 2. The first-order valence-corrected chi connectivity index (χ1v) is 10.2. The molecule has 4 rings (SSSR count). The maximum atomic E-state index is 12.8. The van der Waals surface area contributed by atoms with Crippen molar-refractivity contribution < 1.29 is 9.59 Å². The normalized spacial score (nSPS) is 14.3. The number of hydrogen-bond acceptors (Lipinski definition) is 4. The standard InChI is InChI=1S/C25H25N3O2/c29-24(19-27-15-17-28(18-16-27)21-11-5-2-6-12-21)26-23-14-8-7-13-22(23)25(30)20-9-3-1-4-10-20/h1-14H,15-19H2,(H,26,29). The van der Waals surface area contributed by atoms with E-state index in [0.29, 0.717) is 23.4 Å². The molecule has 30 heavy (non-hydrogen) atoms. The maximum Gasteiger partial charge on any atom is 0.238 e. The Morgan fingerprint density at radius 1 is 0.733 bits per heavy atom. The van der Waals surface area contributed by atoms with Gasteiger partial charge in [0.2, 0.25) is 5.91 Å². The van der Waals surface area contributed by atoms with Crippen LogP contribution >= 0.6 is 0 Å². The van der Waals surface area contributed by atoms with Crippen LogP contribution in [0.2, 0.25) is 0 Å². The van der Waals surface area contributed by atoms with Crippen LogP contribution in [0.1, 0.15) is 15.9 Å². The van der Waals surface area contributed by atoms with Gasteiger partial charge in [-0.15, -0.1) is 0 Å². The predicted octanol–water partition coefficient (Wildman–Crippen LogP) is 3.68. The lowest BCUT2D eigenvalue weighted by Crippen LogP contribution is -2.48. The van der Waals surface area contributed by atoms with Crippen LogP contribution in [0.15, 0.2) is 84.9 Å². The number of piperazine rings is 1. The summed E-state index contributed by atoms with van der Waals surface area (Å²) in [4.78, 5) is 30.0. The van der Waals surface area contributed by atoms with Crippen molar-refractivity contribution in [2.24, 2.45) is 0 Å². The Labute approximate surface area is 176 Å². The van der Waals surface area contributed by atoms with Crippen LogP contribution in [0.5, 0.6) is 0 Å². The molecule has 0 spiro atoms. The fourth-order valence-electron chi connectivity index (χ4n) is 3.73. The van der Waals surface area contributed by atoms with Crippen molar-refractivity contribution in [3.8, 4) is 0 Å². The van der Waals surface area contributed by atoms with Gasteiger partial charge in [-0.3, -0.25) is 14.5 Å². The van der Waals surface area contributed by atoms with Crippen molar-refractivity contribution >= 4 is 23.1 Å². The zero-order chi connectivity index (χ0) is 20.8. The average molecular weight is 399 g/mol. The first-order chi connectivity index (χ1) is 14.7. The van der Waals surface area contributed by atoms with E-state index >= 15 is 0 Å². The third kappa shape index (κ3) is 4.75. The number of ketones is 1. The molecule has 1 saturated heterocycles. The second-order valence-electron chi connectivity index (χ2n) is 7.39. The Balaban J connectivity index is 1.36. The first-order valence-electron chi connectivity index (χ1n) is 10.2. The van der Waals surface area contributed by atoms with E-state index < -0.39 is 0 Å². The van der Waals surface area contributed by atoms with Gasteiger partial charge in [0.25, 0.3) is 0 Å². The third-order valence-electron chi connectivity index (χ3n) is 5.34. The quantitative estimate of drug-likeness (QED) is 0.643. The molecule has 1 fully saturated rings. The van der Waals surface area contributed by atoms with Crippen molar-refractivity contribution in [2.75, 3.05) is 42.9 Å². The molecule has 0 saturated carbocycles. The molecule has 0 bridgehead atoms. The van der Waals surface area contributed by atoms with Crippen LogP contribution in [0.25, 0.3) is 0 Å². The van der Waals surface area contributed by atoms with Crippen LogP contribution in [-0.4, -0.2) is 49.3 Å². The van der Waals surface area contributed by atoms with Crippen molar-refractivity contribution in [3.05, 3.63) is 96.1 Å². The molecule has 0 aliphatic carbocycles. The number of carbonyl (C=O) groups is 2. The smallest absolute Gasteiger partial charge is 0.238 e. The summed E-state index contributed by atoms with van der Waals surface area (Å²) >= 11 is 0. The third-order valence-corrected chi connectivity index (χ3v) is 5.34. The fourth-order valence-corrected chi connectivity index (χ4v) is 3.73. The Hall–Kier alpha value is -3.44. The van der Waals surface area contributed by atoms with Crippen LogP contribution in [0, 0.1) is 0 Å². The highest BCUT2D eigenvalue weighted by molar-refractivity contribution is 6.13. The number of carbonyl (C=O) groups excluding carboxylic acids is 2. The SMILES string of the molecule is O=C(CN1CCN(c2ccccc2)CC1)Nc1ccccc1C(=O)c1ccccc1. The highest BCUT2D eigenvalue weighted by Crippen LogP contribution is 2.20. The summed E-state index contributed by atoms with van der Waals surface area (Å²) in [6, 6.07) is 26.6. The minimum atomic E-state index is -0.100. The lowest BCUT2D eigenvalue weighted by molar-refractivity contribution is -0.117. The highest BCUT2D eigenvalue weighted by Gasteiger charge is 2.20. The summed E-state index contributed by atoms with van der Waals surface area (Å²) in [7, 11) is 0. The topological polar surface area (TPSA) is 52.7 Å². The van der Waals surface area contributed by atoms with E-state index in [1.165, 1.54) is 5.69 Å². The van der Waals surface area contributed by atoms with Crippen LogP contribution < -0.4 is 10.2 Å². The lowest BCUT2D eigenvalue weighted by Gasteiger charge is -2.35. The van der Waals surface area contributed by atoms with Gasteiger partial charge in [0, 0.05) is 43.0 Å². The Kier molecular flexibility index (Phi) is 6.20. The summed E-state index contributed by atoms with van der Waals surface area (Å²) in [5.74, 6) is -0.195. The fraction of sp³-hybridized carbons (Fsp3) is 0.200. The minimum absolute atomic E-state index is 0.0945. The van der Waals surface area contributed by atoms with E-state index in [9.17, 15) is 9.59 Å². The van der Waals surface area contributed by atoms with Gasteiger partial charge in [0.15, 0.2) is 5.78 Å². The second-order valence-corrected chi connectivity index (χ2v) is 7.39. The Bertz CT molecular complexity index is 997. The second kappa shape index (κ2) is 9.37. The number of rotatable bonds is 6. The number of amides is 1. The van der Waals surface area contributed by atoms with Crippen LogP contribution in [0.3, 0.4) is 0 Å². The molecular weight excluding hydrogens is 374 g/mol. The molecule has 3 aromatic rings. The summed E-state index contributed by atoms with van der Waals surface area (Å²) in [5.41, 5.74) is 2.89. The number of nitrogens with one attached hydrogen (secondary N) is 1. The van der Waals surface area contributed by atoms with Gasteiger partial charge < -0.3 is 10.2 Å². The van der Waals surface area contributed by atoms with Gasteiger partial charge in [-0.25, -0.2) is 0 Å². The Morgan fingerprint density at radius 2 is 1.33 bits per heavy atom. The van der Waals surface area contributed by atoms with Crippen molar-refractivity contribution in [2.45, 2.75) is 0 Å². The van der Waals surface area contributed by atoms with E-state index in [0.717, 1.165) is 26.2 Å². The summed E-state index contributed by atoms with van der Waals surface area (Å²) in [5, 5.41) is 2.94. The largest absolute Gasteiger partial charge is 0.369 e. The average Bonchev–Trinajstić information content (AvgIpc) is 2.80. The molecule has 0 atom stereocenters. The van der Waals surface area contributed by atoms with Crippen molar-refractivity contribution in [3.63, 3.8) is 0 Å². The molecule has 0 unspecified atom stereocenters.